The number of rotatable bonds is 4. The fraction of sp³-hybridized carbons (Fsp3) is 0.0625. The molecule has 1 heterocycles. The van der Waals surface area contributed by atoms with Gasteiger partial charge in [-0.2, -0.15) is 0 Å². The van der Waals surface area contributed by atoms with Crippen molar-refractivity contribution in [3.8, 4) is 11.3 Å². The Kier molecular flexibility index (Phi) is 4.02. The highest BCUT2D eigenvalue weighted by Gasteiger charge is 2.20. The fourth-order valence-electron chi connectivity index (χ4n) is 2.26. The Morgan fingerprint density at radius 1 is 1.14 bits per heavy atom. The maximum atomic E-state index is 11.4. The summed E-state index contributed by atoms with van der Waals surface area (Å²) in [7, 11) is 0. The summed E-state index contributed by atoms with van der Waals surface area (Å²) in [5.41, 5.74) is 2.25. The van der Waals surface area contributed by atoms with Gasteiger partial charge in [-0.15, -0.1) is 5.10 Å². The van der Waals surface area contributed by atoms with Gasteiger partial charge >= 0.3 is 5.97 Å². The maximum absolute atomic E-state index is 11.4. The lowest BCUT2D eigenvalue weighted by Gasteiger charge is -2.08. The Balaban J connectivity index is 2.07. The van der Waals surface area contributed by atoms with Gasteiger partial charge in [0.1, 0.15) is 5.69 Å². The molecule has 2 aromatic carbocycles. The van der Waals surface area contributed by atoms with E-state index < -0.39 is 5.97 Å². The molecule has 0 spiro atoms. The van der Waals surface area contributed by atoms with Crippen LogP contribution in [0.2, 0.25) is 0 Å². The first-order chi connectivity index (χ1) is 10.6. The summed E-state index contributed by atoms with van der Waals surface area (Å²) in [6.45, 7) is 0.448. The first kappa shape index (κ1) is 14.5. The van der Waals surface area contributed by atoms with Gasteiger partial charge in [0.2, 0.25) is 0 Å². The smallest absolute Gasteiger partial charge is 0.358 e. The molecule has 0 radical (unpaired) electrons. The van der Waals surface area contributed by atoms with Crippen LogP contribution >= 0.6 is 15.9 Å². The molecule has 0 atom stereocenters. The lowest BCUT2D eigenvalue weighted by Crippen LogP contribution is -2.06. The van der Waals surface area contributed by atoms with Gasteiger partial charge in [-0.3, -0.25) is 0 Å². The molecule has 0 saturated carbocycles. The van der Waals surface area contributed by atoms with E-state index in [0.29, 0.717) is 12.2 Å². The van der Waals surface area contributed by atoms with Gasteiger partial charge in [0, 0.05) is 10.0 Å². The van der Waals surface area contributed by atoms with Crippen molar-refractivity contribution in [2.75, 3.05) is 0 Å². The topological polar surface area (TPSA) is 68.0 Å². The monoisotopic (exact) mass is 357 g/mol. The summed E-state index contributed by atoms with van der Waals surface area (Å²) >= 11 is 3.43. The van der Waals surface area contributed by atoms with E-state index in [1.807, 2.05) is 54.6 Å². The Labute approximate surface area is 135 Å². The zero-order valence-electron chi connectivity index (χ0n) is 11.5. The van der Waals surface area contributed by atoms with Gasteiger partial charge in [-0.25, -0.2) is 9.48 Å². The van der Waals surface area contributed by atoms with Crippen molar-refractivity contribution in [3.05, 3.63) is 70.3 Å². The number of aromatic nitrogens is 3. The van der Waals surface area contributed by atoms with Crippen molar-refractivity contribution in [1.82, 2.24) is 15.0 Å². The normalized spacial score (nSPS) is 10.6. The van der Waals surface area contributed by atoms with Gasteiger partial charge in [-0.1, -0.05) is 63.6 Å². The highest BCUT2D eigenvalue weighted by Crippen LogP contribution is 2.23. The van der Waals surface area contributed by atoms with E-state index in [9.17, 15) is 9.90 Å². The van der Waals surface area contributed by atoms with Crippen LogP contribution in [-0.4, -0.2) is 26.1 Å². The molecular formula is C16H12BrN3O2. The Morgan fingerprint density at radius 3 is 2.59 bits per heavy atom. The van der Waals surface area contributed by atoms with E-state index in [4.69, 9.17) is 0 Å². The van der Waals surface area contributed by atoms with Crippen molar-refractivity contribution in [2.24, 2.45) is 0 Å². The van der Waals surface area contributed by atoms with E-state index in [-0.39, 0.29) is 5.69 Å². The average molecular weight is 358 g/mol. The van der Waals surface area contributed by atoms with Crippen LogP contribution in [0.5, 0.6) is 0 Å². The zero-order valence-corrected chi connectivity index (χ0v) is 13.1. The van der Waals surface area contributed by atoms with Crippen LogP contribution in [0, 0.1) is 0 Å². The molecule has 0 unspecified atom stereocenters. The standard InChI is InChI=1S/C16H12BrN3O2/c17-13-8-4-5-11(9-13)10-20-15(12-6-2-1-3-7-12)14(16(21)22)18-19-20/h1-9H,10H2,(H,21,22). The molecule has 1 aromatic heterocycles. The number of carbonyl (C=O) groups is 1. The Bertz CT molecular complexity index is 815. The van der Waals surface area contributed by atoms with Crippen LogP contribution in [0.3, 0.4) is 0 Å². The van der Waals surface area contributed by atoms with Crippen molar-refractivity contribution < 1.29 is 9.90 Å². The maximum Gasteiger partial charge on any atom is 0.358 e. The summed E-state index contributed by atoms with van der Waals surface area (Å²) in [6.07, 6.45) is 0. The third kappa shape index (κ3) is 2.92. The molecule has 6 heteroatoms. The minimum atomic E-state index is -1.08. The molecule has 110 valence electrons. The number of halogens is 1. The van der Waals surface area contributed by atoms with Crippen molar-refractivity contribution in [1.29, 1.82) is 0 Å². The molecule has 0 amide bonds. The molecule has 0 fully saturated rings. The van der Waals surface area contributed by atoms with E-state index in [2.05, 4.69) is 26.2 Å². The number of carboxylic acid groups (broad SMARTS) is 1. The largest absolute Gasteiger partial charge is 0.476 e. The molecule has 0 bridgehead atoms. The predicted octanol–water partition coefficient (Wildman–Crippen LogP) is 3.45. The molecule has 0 aliphatic rings. The van der Waals surface area contributed by atoms with Gasteiger partial charge in [-0.05, 0) is 17.7 Å². The Hall–Kier alpha value is -2.47. The second kappa shape index (κ2) is 6.11. The molecule has 22 heavy (non-hydrogen) atoms. The highest BCUT2D eigenvalue weighted by atomic mass is 79.9. The average Bonchev–Trinajstić information content (AvgIpc) is 2.92. The minimum Gasteiger partial charge on any atom is -0.476 e. The van der Waals surface area contributed by atoms with Crippen LogP contribution in [0.25, 0.3) is 11.3 Å². The van der Waals surface area contributed by atoms with Gasteiger partial charge < -0.3 is 5.11 Å². The third-order valence-electron chi connectivity index (χ3n) is 3.21. The number of benzene rings is 2. The number of nitrogens with zero attached hydrogens (tertiary/aromatic N) is 3. The summed E-state index contributed by atoms with van der Waals surface area (Å²) < 4.78 is 2.57. The molecule has 0 saturated heterocycles. The number of hydrogen-bond donors (Lipinski definition) is 1. The molecule has 1 N–H and O–H groups in total. The minimum absolute atomic E-state index is 0.0406. The predicted molar refractivity (Wildman–Crippen MR) is 85.7 cm³/mol. The van der Waals surface area contributed by atoms with Gasteiger partial charge in [0.05, 0.1) is 6.54 Å². The molecule has 0 aliphatic heterocycles. The zero-order chi connectivity index (χ0) is 15.5. The van der Waals surface area contributed by atoms with Crippen molar-refractivity contribution >= 4 is 21.9 Å². The van der Waals surface area contributed by atoms with E-state index in [1.165, 1.54) is 0 Å². The molecular weight excluding hydrogens is 346 g/mol. The summed E-state index contributed by atoms with van der Waals surface area (Å²) in [5.74, 6) is -1.08. The van der Waals surface area contributed by atoms with E-state index >= 15 is 0 Å². The molecule has 3 aromatic rings. The van der Waals surface area contributed by atoms with Crippen LogP contribution < -0.4 is 0 Å². The van der Waals surface area contributed by atoms with Crippen molar-refractivity contribution in [3.63, 3.8) is 0 Å². The van der Waals surface area contributed by atoms with Crippen LogP contribution in [0.15, 0.2) is 59.1 Å². The third-order valence-corrected chi connectivity index (χ3v) is 3.70. The SMILES string of the molecule is O=C(O)c1nnn(Cc2cccc(Br)c2)c1-c1ccccc1. The lowest BCUT2D eigenvalue weighted by molar-refractivity contribution is 0.0691. The summed E-state index contributed by atoms with van der Waals surface area (Å²) in [4.78, 5) is 11.4. The van der Waals surface area contributed by atoms with E-state index in [0.717, 1.165) is 15.6 Å². The summed E-state index contributed by atoms with van der Waals surface area (Å²) in [6, 6.07) is 17.1. The van der Waals surface area contributed by atoms with Crippen LogP contribution in [0.4, 0.5) is 0 Å². The molecule has 3 rings (SSSR count). The second-order valence-electron chi connectivity index (χ2n) is 4.75. The number of aromatic carboxylic acids is 1. The van der Waals surface area contributed by atoms with Crippen LogP contribution in [-0.2, 0) is 6.54 Å². The fourth-order valence-corrected chi connectivity index (χ4v) is 2.70. The van der Waals surface area contributed by atoms with Gasteiger partial charge in [0.15, 0.2) is 5.69 Å². The molecule has 5 nitrogen and oxygen atoms in total. The Morgan fingerprint density at radius 2 is 1.91 bits per heavy atom. The molecule has 0 aliphatic carbocycles. The highest BCUT2D eigenvalue weighted by molar-refractivity contribution is 9.10. The summed E-state index contributed by atoms with van der Waals surface area (Å²) in [5, 5.41) is 17.1. The van der Waals surface area contributed by atoms with Gasteiger partial charge in [0.25, 0.3) is 0 Å². The number of hydrogen-bond acceptors (Lipinski definition) is 3. The quantitative estimate of drug-likeness (QED) is 0.776. The first-order valence-corrected chi connectivity index (χ1v) is 7.41. The van der Waals surface area contributed by atoms with Crippen molar-refractivity contribution in [2.45, 2.75) is 6.54 Å². The second-order valence-corrected chi connectivity index (χ2v) is 5.66. The lowest BCUT2D eigenvalue weighted by atomic mass is 10.1. The number of carboxylic acids is 1. The first-order valence-electron chi connectivity index (χ1n) is 6.62. The van der Waals surface area contributed by atoms with E-state index in [1.54, 1.807) is 4.68 Å². The van der Waals surface area contributed by atoms with Crippen LogP contribution in [0.1, 0.15) is 16.1 Å².